The first-order valence-corrected chi connectivity index (χ1v) is 12.4. The minimum Gasteiger partial charge on any atom is -0.479 e. The maximum Gasteiger partial charge on any atom is 0.334 e. The van der Waals surface area contributed by atoms with E-state index >= 15 is 0 Å². The van der Waals surface area contributed by atoms with Crippen LogP contribution in [-0.4, -0.2) is 32.3 Å². The summed E-state index contributed by atoms with van der Waals surface area (Å²) in [5.74, 6) is -0.240. The average Bonchev–Trinajstić information content (AvgIpc) is 3.50. The molecule has 6 rings (SSSR count). The van der Waals surface area contributed by atoms with Gasteiger partial charge in [-0.25, -0.2) is 9.79 Å². The number of aromatic amines is 1. The number of rotatable bonds is 7. The molecule has 0 fully saturated rings. The average molecular weight is 486 g/mol. The second-order valence-corrected chi connectivity index (χ2v) is 9.49. The molecule has 0 saturated heterocycles. The topological polar surface area (TPSA) is 68.7 Å². The zero-order valence-corrected chi connectivity index (χ0v) is 20.3. The third-order valence-corrected chi connectivity index (χ3v) is 7.19. The third-order valence-electron chi connectivity index (χ3n) is 7.19. The quantitative estimate of drug-likeness (QED) is 0.287. The molecule has 2 N–H and O–H groups in total. The normalized spacial score (nSPS) is 19.2. The van der Waals surface area contributed by atoms with Crippen LogP contribution in [0.4, 0.5) is 0 Å². The SMILES string of the molecule is O=C(O)C1(Cc2c[nH]c3ccccc23)N=C(c2ccccc2)N(Cc2ccccc2)C1c1ccccc1. The van der Waals surface area contributed by atoms with Crippen LogP contribution in [0.2, 0.25) is 0 Å². The molecule has 0 spiro atoms. The Morgan fingerprint density at radius 3 is 2.16 bits per heavy atom. The van der Waals surface area contributed by atoms with Crippen molar-refractivity contribution in [3.05, 3.63) is 144 Å². The van der Waals surface area contributed by atoms with Crippen LogP contribution in [0.3, 0.4) is 0 Å². The van der Waals surface area contributed by atoms with E-state index in [4.69, 9.17) is 4.99 Å². The van der Waals surface area contributed by atoms with Crippen molar-refractivity contribution < 1.29 is 9.90 Å². The second kappa shape index (κ2) is 9.43. The monoisotopic (exact) mass is 485 g/mol. The lowest BCUT2D eigenvalue weighted by atomic mass is 9.80. The number of nitrogens with zero attached hydrogens (tertiary/aromatic N) is 2. The van der Waals surface area contributed by atoms with E-state index in [0.29, 0.717) is 12.4 Å². The van der Waals surface area contributed by atoms with Crippen LogP contribution in [0.1, 0.15) is 28.3 Å². The molecule has 5 nitrogen and oxygen atoms in total. The van der Waals surface area contributed by atoms with Gasteiger partial charge in [-0.2, -0.15) is 0 Å². The Kier molecular flexibility index (Phi) is 5.81. The largest absolute Gasteiger partial charge is 0.479 e. The van der Waals surface area contributed by atoms with Crippen LogP contribution in [0.15, 0.2) is 126 Å². The summed E-state index contributed by atoms with van der Waals surface area (Å²) in [5.41, 5.74) is 3.43. The fourth-order valence-electron chi connectivity index (χ4n) is 5.49. The Hall–Kier alpha value is -4.64. The van der Waals surface area contributed by atoms with E-state index in [0.717, 1.165) is 33.2 Å². The molecular weight excluding hydrogens is 458 g/mol. The number of hydrogen-bond donors (Lipinski definition) is 2. The minimum absolute atomic E-state index is 0.257. The van der Waals surface area contributed by atoms with Crippen molar-refractivity contribution in [2.45, 2.75) is 24.5 Å². The molecule has 2 atom stereocenters. The van der Waals surface area contributed by atoms with Crippen molar-refractivity contribution in [1.29, 1.82) is 0 Å². The lowest BCUT2D eigenvalue weighted by molar-refractivity contribution is -0.144. The number of H-pyrrole nitrogens is 1. The number of carbonyl (C=O) groups is 1. The summed E-state index contributed by atoms with van der Waals surface area (Å²) < 4.78 is 0. The molecular formula is C32H27N3O2. The van der Waals surface area contributed by atoms with E-state index in [2.05, 4.69) is 22.0 Å². The fourth-order valence-corrected chi connectivity index (χ4v) is 5.49. The molecule has 0 aliphatic carbocycles. The van der Waals surface area contributed by atoms with Crippen molar-refractivity contribution in [2.75, 3.05) is 0 Å². The Labute approximate surface area is 215 Å². The Morgan fingerprint density at radius 1 is 0.838 bits per heavy atom. The van der Waals surface area contributed by atoms with Crippen molar-refractivity contribution in [1.82, 2.24) is 9.88 Å². The van der Waals surface area contributed by atoms with Crippen LogP contribution >= 0.6 is 0 Å². The van der Waals surface area contributed by atoms with Crippen molar-refractivity contribution in [2.24, 2.45) is 4.99 Å². The number of aromatic nitrogens is 1. The molecule has 0 radical (unpaired) electrons. The van der Waals surface area contributed by atoms with Gasteiger partial charge in [-0.05, 0) is 22.8 Å². The number of nitrogens with one attached hydrogen (secondary N) is 1. The number of hydrogen-bond acceptors (Lipinski definition) is 3. The van der Waals surface area contributed by atoms with Crippen LogP contribution in [0.25, 0.3) is 10.9 Å². The van der Waals surface area contributed by atoms with E-state index in [1.54, 1.807) is 0 Å². The van der Waals surface area contributed by atoms with Crippen molar-refractivity contribution in [3.63, 3.8) is 0 Å². The van der Waals surface area contributed by atoms with Gasteiger partial charge in [0.25, 0.3) is 0 Å². The zero-order valence-electron chi connectivity index (χ0n) is 20.3. The maximum atomic E-state index is 13.4. The van der Waals surface area contributed by atoms with E-state index in [1.165, 1.54) is 0 Å². The summed E-state index contributed by atoms with van der Waals surface area (Å²) in [4.78, 5) is 24.0. The highest BCUT2D eigenvalue weighted by atomic mass is 16.4. The summed E-state index contributed by atoms with van der Waals surface area (Å²) in [6.45, 7) is 0.539. The highest BCUT2D eigenvalue weighted by Gasteiger charge is 2.55. The van der Waals surface area contributed by atoms with Gasteiger partial charge in [-0.1, -0.05) is 109 Å². The number of aliphatic imine (C=N–C) groups is 1. The molecule has 37 heavy (non-hydrogen) atoms. The van der Waals surface area contributed by atoms with Crippen molar-refractivity contribution >= 4 is 22.7 Å². The van der Waals surface area contributed by atoms with Crippen LogP contribution < -0.4 is 0 Å². The van der Waals surface area contributed by atoms with Gasteiger partial charge in [0.2, 0.25) is 0 Å². The standard InChI is InChI=1S/C32H27N3O2/c36-31(37)32(20-26-21-33-28-19-11-10-18-27(26)28)29(24-14-6-2-7-15-24)35(22-23-12-4-1-5-13-23)30(34-32)25-16-8-3-9-17-25/h1-19,21,29,33H,20,22H2,(H,36,37). The summed E-state index contributed by atoms with van der Waals surface area (Å²) in [7, 11) is 0. The molecule has 1 aliphatic rings. The molecule has 182 valence electrons. The van der Waals surface area contributed by atoms with Crippen molar-refractivity contribution in [3.8, 4) is 0 Å². The van der Waals surface area contributed by atoms with Gasteiger partial charge in [0.1, 0.15) is 5.84 Å². The number of amidine groups is 1. The Bertz CT molecular complexity index is 1560. The Balaban J connectivity index is 1.57. The molecule has 4 aromatic carbocycles. The molecule has 1 aromatic heterocycles. The number of benzene rings is 4. The summed E-state index contributed by atoms with van der Waals surface area (Å²) in [6.07, 6.45) is 2.18. The maximum absolute atomic E-state index is 13.4. The van der Waals surface area contributed by atoms with E-state index in [9.17, 15) is 9.90 Å². The van der Waals surface area contributed by atoms with Crippen LogP contribution in [0.5, 0.6) is 0 Å². The molecule has 1 aliphatic heterocycles. The lowest BCUT2D eigenvalue weighted by Crippen LogP contribution is -2.47. The van der Waals surface area contributed by atoms with E-state index < -0.39 is 17.6 Å². The number of para-hydroxylation sites is 1. The first-order chi connectivity index (χ1) is 18.2. The molecule has 5 heteroatoms. The van der Waals surface area contributed by atoms with Gasteiger partial charge in [0.15, 0.2) is 5.54 Å². The second-order valence-electron chi connectivity index (χ2n) is 9.49. The summed E-state index contributed by atoms with van der Waals surface area (Å²) in [6, 6.07) is 37.5. The van der Waals surface area contributed by atoms with E-state index in [1.807, 2.05) is 109 Å². The third kappa shape index (κ3) is 4.08. The summed E-state index contributed by atoms with van der Waals surface area (Å²) >= 11 is 0. The van der Waals surface area contributed by atoms with Crippen LogP contribution in [-0.2, 0) is 17.8 Å². The first kappa shape index (κ1) is 22.8. The van der Waals surface area contributed by atoms with Crippen LogP contribution in [0, 0.1) is 0 Å². The predicted molar refractivity (Wildman–Crippen MR) is 147 cm³/mol. The molecule has 0 bridgehead atoms. The van der Waals surface area contributed by atoms with E-state index in [-0.39, 0.29) is 6.42 Å². The number of carboxylic acid groups (broad SMARTS) is 1. The van der Waals surface area contributed by atoms with Gasteiger partial charge in [0.05, 0.1) is 6.04 Å². The fraction of sp³-hybridized carbons (Fsp3) is 0.125. The first-order valence-electron chi connectivity index (χ1n) is 12.4. The predicted octanol–water partition coefficient (Wildman–Crippen LogP) is 6.24. The smallest absolute Gasteiger partial charge is 0.334 e. The highest BCUT2D eigenvalue weighted by molar-refractivity contribution is 6.04. The Morgan fingerprint density at radius 2 is 1.46 bits per heavy atom. The highest BCUT2D eigenvalue weighted by Crippen LogP contribution is 2.45. The van der Waals surface area contributed by atoms with Gasteiger partial charge in [0, 0.05) is 35.6 Å². The van der Waals surface area contributed by atoms with Gasteiger partial charge >= 0.3 is 5.97 Å². The van der Waals surface area contributed by atoms with Gasteiger partial charge in [-0.3, -0.25) is 0 Å². The van der Waals surface area contributed by atoms with Gasteiger partial charge < -0.3 is 15.0 Å². The zero-order chi connectivity index (χ0) is 25.2. The lowest BCUT2D eigenvalue weighted by Gasteiger charge is -2.36. The number of aliphatic carboxylic acids is 1. The minimum atomic E-state index is -1.42. The molecule has 2 unspecified atom stereocenters. The molecule has 2 heterocycles. The van der Waals surface area contributed by atoms with Gasteiger partial charge in [-0.15, -0.1) is 0 Å². The summed E-state index contributed by atoms with van der Waals surface area (Å²) in [5, 5.41) is 12.0. The molecule has 5 aromatic rings. The number of fused-ring (bicyclic) bond motifs is 1. The number of carboxylic acids is 1. The molecule has 0 saturated carbocycles. The molecule has 0 amide bonds.